The predicted molar refractivity (Wildman–Crippen MR) is 133 cm³/mol. The van der Waals surface area contributed by atoms with E-state index in [0.29, 0.717) is 42.7 Å². The van der Waals surface area contributed by atoms with Crippen molar-refractivity contribution in [3.8, 4) is 0 Å². The molecular weight excluding hydrogens is 447 g/mol. The highest BCUT2D eigenvalue weighted by atomic mass is 35.5. The van der Waals surface area contributed by atoms with Gasteiger partial charge in [0.1, 0.15) is 6.33 Å². The van der Waals surface area contributed by atoms with E-state index in [-0.39, 0.29) is 29.4 Å². The lowest BCUT2D eigenvalue weighted by molar-refractivity contribution is -0.134. The SMILES string of the molecule is C=C(C)C(C/C(Cl)=C/F)CC1/C=C/C=C/CN(C)C(=O)/C(C)=C(\CO)C(C)=NC1.CC(=O)O. The van der Waals surface area contributed by atoms with Crippen molar-refractivity contribution in [3.05, 3.63) is 59.0 Å². The molecular formula is C25H36ClFN2O4. The Morgan fingerprint density at radius 3 is 2.52 bits per heavy atom. The summed E-state index contributed by atoms with van der Waals surface area (Å²) in [5.41, 5.74) is 2.63. The van der Waals surface area contributed by atoms with E-state index < -0.39 is 5.97 Å². The van der Waals surface area contributed by atoms with E-state index in [1.54, 1.807) is 25.8 Å². The molecule has 184 valence electrons. The van der Waals surface area contributed by atoms with Crippen LogP contribution in [0.25, 0.3) is 0 Å². The van der Waals surface area contributed by atoms with Crippen molar-refractivity contribution in [2.24, 2.45) is 16.8 Å². The monoisotopic (exact) mass is 482 g/mol. The second kappa shape index (κ2) is 16.2. The Kier molecular flexibility index (Phi) is 14.9. The number of hydrogen-bond acceptors (Lipinski definition) is 4. The molecule has 0 saturated heterocycles. The van der Waals surface area contributed by atoms with Gasteiger partial charge in [0.2, 0.25) is 5.91 Å². The number of aliphatic carboxylic acids is 1. The average molecular weight is 483 g/mol. The molecule has 0 spiro atoms. The lowest BCUT2D eigenvalue weighted by Crippen LogP contribution is -2.29. The van der Waals surface area contributed by atoms with Crippen molar-refractivity contribution in [3.63, 3.8) is 0 Å². The Morgan fingerprint density at radius 1 is 1.39 bits per heavy atom. The number of likely N-dealkylation sites (N-methyl/N-ethyl adjacent to an activating group) is 1. The maximum atomic E-state index is 12.7. The highest BCUT2D eigenvalue weighted by molar-refractivity contribution is 6.29. The summed E-state index contributed by atoms with van der Waals surface area (Å²) in [7, 11) is 1.73. The van der Waals surface area contributed by atoms with Crippen LogP contribution >= 0.6 is 11.6 Å². The van der Waals surface area contributed by atoms with Gasteiger partial charge in [-0.25, -0.2) is 4.39 Å². The lowest BCUT2D eigenvalue weighted by Gasteiger charge is -2.21. The molecule has 1 aliphatic rings. The molecule has 0 radical (unpaired) electrons. The van der Waals surface area contributed by atoms with Crippen molar-refractivity contribution < 1.29 is 24.2 Å². The Balaban J connectivity index is 0.00000235. The van der Waals surface area contributed by atoms with Crippen LogP contribution < -0.4 is 0 Å². The number of aliphatic hydroxyl groups is 1. The third kappa shape index (κ3) is 12.3. The van der Waals surface area contributed by atoms with Crippen LogP contribution in [0.3, 0.4) is 0 Å². The van der Waals surface area contributed by atoms with E-state index >= 15 is 0 Å². The predicted octanol–water partition coefficient (Wildman–Crippen LogP) is 5.07. The minimum Gasteiger partial charge on any atom is -0.481 e. The highest BCUT2D eigenvalue weighted by Gasteiger charge is 2.19. The first kappa shape index (κ1) is 30.5. The summed E-state index contributed by atoms with van der Waals surface area (Å²) in [5.74, 6) is -0.862. The zero-order valence-corrected chi connectivity index (χ0v) is 20.9. The van der Waals surface area contributed by atoms with Crippen molar-refractivity contribution in [1.82, 2.24) is 4.90 Å². The van der Waals surface area contributed by atoms with E-state index in [9.17, 15) is 14.3 Å². The van der Waals surface area contributed by atoms with E-state index in [0.717, 1.165) is 18.9 Å². The van der Waals surface area contributed by atoms with Crippen LogP contribution in [0.5, 0.6) is 0 Å². The smallest absolute Gasteiger partial charge is 0.300 e. The van der Waals surface area contributed by atoms with Crippen LogP contribution in [0, 0.1) is 11.8 Å². The molecule has 0 aromatic carbocycles. The fourth-order valence-electron chi connectivity index (χ4n) is 3.19. The van der Waals surface area contributed by atoms with Gasteiger partial charge in [-0.3, -0.25) is 14.6 Å². The molecule has 1 amide bonds. The molecule has 6 nitrogen and oxygen atoms in total. The van der Waals surface area contributed by atoms with Gasteiger partial charge in [0.25, 0.3) is 5.97 Å². The summed E-state index contributed by atoms with van der Waals surface area (Å²) in [4.78, 5) is 27.8. The Morgan fingerprint density at radius 2 is 2.00 bits per heavy atom. The van der Waals surface area contributed by atoms with Crippen molar-refractivity contribution >= 4 is 29.2 Å². The lowest BCUT2D eigenvalue weighted by atomic mass is 9.87. The number of carboxylic acid groups (broad SMARTS) is 1. The molecule has 1 heterocycles. The molecule has 0 saturated carbocycles. The highest BCUT2D eigenvalue weighted by Crippen LogP contribution is 2.28. The fraction of sp³-hybridized carbons (Fsp3) is 0.480. The molecule has 0 fully saturated rings. The zero-order valence-electron chi connectivity index (χ0n) is 20.1. The van der Waals surface area contributed by atoms with Gasteiger partial charge in [-0.05, 0) is 45.4 Å². The number of rotatable bonds is 6. The fourth-order valence-corrected chi connectivity index (χ4v) is 3.38. The summed E-state index contributed by atoms with van der Waals surface area (Å²) in [6.07, 6.45) is 9.36. The summed E-state index contributed by atoms with van der Waals surface area (Å²) in [5, 5.41) is 17.4. The van der Waals surface area contributed by atoms with E-state index in [1.807, 2.05) is 25.2 Å². The van der Waals surface area contributed by atoms with Crippen LogP contribution in [-0.4, -0.2) is 59.4 Å². The molecule has 1 aliphatic heterocycles. The molecule has 0 aromatic heterocycles. The third-order valence-corrected chi connectivity index (χ3v) is 5.37. The van der Waals surface area contributed by atoms with E-state index in [4.69, 9.17) is 21.5 Å². The summed E-state index contributed by atoms with van der Waals surface area (Å²) < 4.78 is 12.7. The van der Waals surface area contributed by atoms with Crippen molar-refractivity contribution in [2.75, 3.05) is 26.7 Å². The normalized spacial score (nSPS) is 23.1. The topological polar surface area (TPSA) is 90.2 Å². The number of carboxylic acids is 1. The quantitative estimate of drug-likeness (QED) is 0.517. The molecule has 0 aliphatic carbocycles. The number of aliphatic hydroxyl groups excluding tert-OH is 1. The number of carbonyl (C=O) groups is 2. The second-order valence-corrected chi connectivity index (χ2v) is 8.49. The molecule has 2 N–H and O–H groups in total. The number of hydrogen-bond donors (Lipinski definition) is 2. The number of halogens is 2. The van der Waals surface area contributed by atoms with Gasteiger partial charge in [-0.15, -0.1) is 0 Å². The third-order valence-electron chi connectivity index (χ3n) is 5.13. The summed E-state index contributed by atoms with van der Waals surface area (Å²) in [6.45, 7) is 11.2. The van der Waals surface area contributed by atoms with Crippen molar-refractivity contribution in [2.45, 2.75) is 40.5 Å². The maximum Gasteiger partial charge on any atom is 0.300 e. The Hall–Kier alpha value is -2.51. The van der Waals surface area contributed by atoms with E-state index in [2.05, 4.69) is 17.6 Å². The molecule has 2 unspecified atom stereocenters. The van der Waals surface area contributed by atoms with Crippen LogP contribution in [0.15, 0.2) is 64.0 Å². The average Bonchev–Trinajstić information content (AvgIpc) is 2.75. The summed E-state index contributed by atoms with van der Waals surface area (Å²) in [6, 6.07) is 0. The first-order valence-electron chi connectivity index (χ1n) is 10.6. The molecule has 0 aromatic rings. The number of aliphatic imine (C=N–C) groups is 1. The first-order valence-corrected chi connectivity index (χ1v) is 11.0. The van der Waals surface area contributed by atoms with Gasteiger partial charge in [0.15, 0.2) is 0 Å². The van der Waals surface area contributed by atoms with Gasteiger partial charge in [0.05, 0.1) is 6.61 Å². The molecule has 8 heteroatoms. The van der Waals surface area contributed by atoms with E-state index in [1.165, 1.54) is 0 Å². The molecule has 33 heavy (non-hydrogen) atoms. The minimum atomic E-state index is -0.833. The number of nitrogens with zero attached hydrogens (tertiary/aromatic N) is 2. The van der Waals surface area contributed by atoms with Gasteiger partial charge in [-0.2, -0.15) is 0 Å². The molecule has 2 atom stereocenters. The second-order valence-electron chi connectivity index (χ2n) is 8.00. The van der Waals surface area contributed by atoms with Gasteiger partial charge in [-0.1, -0.05) is 48.1 Å². The van der Waals surface area contributed by atoms with Gasteiger partial charge >= 0.3 is 0 Å². The van der Waals surface area contributed by atoms with Gasteiger partial charge in [0, 0.05) is 49.0 Å². The number of amides is 1. The zero-order chi connectivity index (χ0) is 25.6. The van der Waals surface area contributed by atoms with Crippen LogP contribution in [0.4, 0.5) is 4.39 Å². The Bertz CT molecular complexity index is 839. The first-order chi connectivity index (χ1) is 15.4. The number of allylic oxidation sites excluding steroid dienone is 4. The van der Waals surface area contributed by atoms with Crippen LogP contribution in [0.1, 0.15) is 40.5 Å². The molecule has 1 rings (SSSR count). The van der Waals surface area contributed by atoms with Gasteiger partial charge < -0.3 is 15.1 Å². The number of carbonyl (C=O) groups excluding carboxylic acids is 1. The standard InChI is InChI=1S/C23H32ClFN2O2.C2H4O2/c1-16(2)20(12-21(24)13-25)11-19-9-7-6-8-10-27(5)23(29)17(3)22(15-28)18(4)26-14-19;1-2(3)4/h6-9,13,19-20,28H,1,10-12,14-15H2,2-5H3;1H3,(H,3,4)/b8-6+,9-7+,21-13-,22-17+,26-18?;. The van der Waals surface area contributed by atoms with Crippen LogP contribution in [0.2, 0.25) is 0 Å². The van der Waals surface area contributed by atoms with Crippen molar-refractivity contribution in [1.29, 1.82) is 0 Å². The maximum absolute atomic E-state index is 12.7. The summed E-state index contributed by atoms with van der Waals surface area (Å²) >= 11 is 5.91. The largest absolute Gasteiger partial charge is 0.481 e. The molecule has 0 bridgehead atoms. The Labute approximate surface area is 201 Å². The minimum absolute atomic E-state index is 0.0293. The van der Waals surface area contributed by atoms with Crippen LogP contribution in [-0.2, 0) is 9.59 Å².